The van der Waals surface area contributed by atoms with Gasteiger partial charge in [0.2, 0.25) is 0 Å². The van der Waals surface area contributed by atoms with Crippen molar-refractivity contribution in [1.82, 2.24) is 14.8 Å². The van der Waals surface area contributed by atoms with Gasteiger partial charge in [0.25, 0.3) is 5.60 Å². The highest BCUT2D eigenvalue weighted by Crippen LogP contribution is 2.50. The minimum Gasteiger partial charge on any atom is -0.481 e. The lowest BCUT2D eigenvalue weighted by Gasteiger charge is -2.41. The maximum absolute atomic E-state index is 13.2. The van der Waals surface area contributed by atoms with E-state index in [1.807, 2.05) is 18.2 Å². The summed E-state index contributed by atoms with van der Waals surface area (Å²) in [7, 11) is 0. The summed E-state index contributed by atoms with van der Waals surface area (Å²) >= 11 is 0. The highest BCUT2D eigenvalue weighted by Gasteiger charge is 2.71. The molecule has 0 amide bonds. The molecule has 1 aliphatic rings. The zero-order valence-corrected chi connectivity index (χ0v) is 22.1. The predicted octanol–water partition coefficient (Wildman–Crippen LogP) is 5.53. The Labute approximate surface area is 232 Å². The van der Waals surface area contributed by atoms with Crippen LogP contribution in [0.1, 0.15) is 28.7 Å². The molecule has 4 rings (SSSR count). The van der Waals surface area contributed by atoms with E-state index in [4.69, 9.17) is 0 Å². The molecule has 1 aliphatic heterocycles. The molecular weight excluding hydrogens is 552 g/mol. The van der Waals surface area contributed by atoms with E-state index in [0.29, 0.717) is 49.4 Å². The number of rotatable bonds is 8. The Hall–Kier alpha value is -3.48. The van der Waals surface area contributed by atoms with Gasteiger partial charge in [-0.2, -0.15) is 26.3 Å². The van der Waals surface area contributed by atoms with Gasteiger partial charge in [0.05, 0.1) is 6.42 Å². The maximum atomic E-state index is 13.2. The fourth-order valence-corrected chi connectivity index (χ4v) is 5.21. The molecule has 220 valence electrons. The maximum Gasteiger partial charge on any atom is 0.430 e. The number of halogens is 6. The molecule has 2 heterocycles. The topological polar surface area (TPSA) is 76.9 Å². The van der Waals surface area contributed by atoms with Gasteiger partial charge < -0.3 is 10.2 Å². The minimum atomic E-state index is -5.95. The lowest BCUT2D eigenvalue weighted by Crippen LogP contribution is -2.53. The van der Waals surface area contributed by atoms with E-state index in [1.54, 1.807) is 31.5 Å². The van der Waals surface area contributed by atoms with E-state index < -0.39 is 29.5 Å². The average Bonchev–Trinajstić information content (AvgIpc) is 2.89. The number of pyridine rings is 1. The molecule has 0 radical (unpaired) electrons. The number of aliphatic carboxylic acids is 1. The van der Waals surface area contributed by atoms with Crippen LogP contribution in [-0.4, -0.2) is 69.0 Å². The largest absolute Gasteiger partial charge is 0.481 e. The van der Waals surface area contributed by atoms with E-state index in [1.165, 1.54) is 0 Å². The standard InChI is InChI=1S/C29H29F6N3O3/c1-19-14-21(17-38-13-12-37(18-24(38)15-26(39)40)16-20-8-10-36-11-9-20)2-7-25(19)22-3-5-23(6-4-22)27(41,28(30,31)32)29(33,34)35/h2-11,14,24,41H,12-13,15-18H2,1H3,(H,39,40). The summed E-state index contributed by atoms with van der Waals surface area (Å²) in [6.07, 6.45) is -8.50. The average molecular weight is 582 g/mol. The van der Waals surface area contributed by atoms with E-state index in [9.17, 15) is 41.4 Å². The Balaban J connectivity index is 1.49. The summed E-state index contributed by atoms with van der Waals surface area (Å²) in [5, 5.41) is 19.1. The number of hydrogen-bond donors (Lipinski definition) is 2. The zero-order chi connectivity index (χ0) is 30.0. The Morgan fingerprint density at radius 2 is 1.54 bits per heavy atom. The SMILES string of the molecule is Cc1cc(CN2CCN(Cc3ccncc3)CC2CC(=O)O)ccc1-c1ccc(C(O)(C(F)(F)F)C(F)(F)F)cc1. The first-order valence-corrected chi connectivity index (χ1v) is 12.8. The Bertz CT molecular complexity index is 1330. The molecule has 2 N–H and O–H groups in total. The Kier molecular flexibility index (Phi) is 8.76. The van der Waals surface area contributed by atoms with Crippen LogP contribution in [-0.2, 0) is 23.5 Å². The second-order valence-corrected chi connectivity index (χ2v) is 10.2. The fraction of sp³-hybridized carbons (Fsp3) is 0.379. The van der Waals surface area contributed by atoms with Gasteiger partial charge in [0.15, 0.2) is 0 Å². The molecule has 0 spiro atoms. The third-order valence-electron chi connectivity index (χ3n) is 7.37. The molecule has 6 nitrogen and oxygen atoms in total. The van der Waals surface area contributed by atoms with Crippen molar-refractivity contribution in [3.05, 3.63) is 89.2 Å². The van der Waals surface area contributed by atoms with Crippen LogP contribution in [0.3, 0.4) is 0 Å². The summed E-state index contributed by atoms with van der Waals surface area (Å²) in [6, 6.07) is 12.5. The summed E-state index contributed by atoms with van der Waals surface area (Å²) in [5.74, 6) is -0.899. The number of carbonyl (C=O) groups is 1. The minimum absolute atomic E-state index is 0.0293. The number of aliphatic hydroxyl groups is 1. The van der Waals surface area contributed by atoms with Gasteiger partial charge in [-0.25, -0.2) is 0 Å². The number of benzene rings is 2. The molecule has 1 saturated heterocycles. The monoisotopic (exact) mass is 581 g/mol. The van der Waals surface area contributed by atoms with Crippen LogP contribution in [0.15, 0.2) is 67.0 Å². The molecule has 3 aromatic rings. The van der Waals surface area contributed by atoms with Crippen LogP contribution < -0.4 is 0 Å². The molecule has 0 bridgehead atoms. The molecule has 12 heteroatoms. The third-order valence-corrected chi connectivity index (χ3v) is 7.37. The third kappa shape index (κ3) is 6.71. The van der Waals surface area contributed by atoms with Crippen molar-refractivity contribution < 1.29 is 41.4 Å². The first-order valence-electron chi connectivity index (χ1n) is 12.8. The van der Waals surface area contributed by atoms with Crippen LogP contribution in [0.4, 0.5) is 26.3 Å². The summed E-state index contributed by atoms with van der Waals surface area (Å²) in [4.78, 5) is 19.9. The quantitative estimate of drug-likeness (QED) is 0.341. The smallest absolute Gasteiger partial charge is 0.430 e. The summed E-state index contributed by atoms with van der Waals surface area (Å²) in [6.45, 7) is 4.89. The molecule has 2 aromatic carbocycles. The number of nitrogens with zero attached hydrogens (tertiary/aromatic N) is 3. The van der Waals surface area contributed by atoms with Crippen molar-refractivity contribution in [1.29, 1.82) is 0 Å². The number of hydrogen-bond acceptors (Lipinski definition) is 5. The van der Waals surface area contributed by atoms with Gasteiger partial charge >= 0.3 is 18.3 Å². The highest BCUT2D eigenvalue weighted by molar-refractivity contribution is 5.68. The summed E-state index contributed by atoms with van der Waals surface area (Å²) < 4.78 is 79.3. The van der Waals surface area contributed by atoms with Crippen molar-refractivity contribution >= 4 is 5.97 Å². The number of aromatic nitrogens is 1. The fourth-order valence-electron chi connectivity index (χ4n) is 5.21. The first-order chi connectivity index (χ1) is 19.2. The van der Waals surface area contributed by atoms with Crippen LogP contribution in [0, 0.1) is 6.92 Å². The van der Waals surface area contributed by atoms with Crippen LogP contribution in [0.25, 0.3) is 11.1 Å². The molecular formula is C29H29F6N3O3. The Morgan fingerprint density at radius 1 is 0.902 bits per heavy atom. The van der Waals surface area contributed by atoms with E-state index >= 15 is 0 Å². The normalized spacial score (nSPS) is 17.5. The van der Waals surface area contributed by atoms with Crippen LogP contribution in [0.5, 0.6) is 0 Å². The molecule has 1 fully saturated rings. The van der Waals surface area contributed by atoms with E-state index in [0.717, 1.165) is 35.4 Å². The van der Waals surface area contributed by atoms with Gasteiger partial charge in [-0.3, -0.25) is 19.6 Å². The van der Waals surface area contributed by atoms with Crippen molar-refractivity contribution in [3.63, 3.8) is 0 Å². The lowest BCUT2D eigenvalue weighted by molar-refractivity contribution is -0.376. The van der Waals surface area contributed by atoms with Crippen LogP contribution >= 0.6 is 0 Å². The number of carboxylic acid groups (broad SMARTS) is 1. The molecule has 1 unspecified atom stereocenters. The number of aryl methyl sites for hydroxylation is 1. The molecule has 0 aliphatic carbocycles. The van der Waals surface area contributed by atoms with Gasteiger partial charge in [0.1, 0.15) is 0 Å². The van der Waals surface area contributed by atoms with Gasteiger partial charge in [-0.1, -0.05) is 42.5 Å². The molecule has 41 heavy (non-hydrogen) atoms. The predicted molar refractivity (Wildman–Crippen MR) is 139 cm³/mol. The van der Waals surface area contributed by atoms with Crippen LogP contribution in [0.2, 0.25) is 0 Å². The second-order valence-electron chi connectivity index (χ2n) is 10.2. The lowest BCUT2D eigenvalue weighted by atomic mass is 9.90. The Morgan fingerprint density at radius 3 is 2.10 bits per heavy atom. The van der Waals surface area contributed by atoms with Gasteiger partial charge in [-0.15, -0.1) is 0 Å². The number of carboxylic acids is 1. The van der Waals surface area contributed by atoms with Crippen molar-refractivity contribution in [2.24, 2.45) is 0 Å². The van der Waals surface area contributed by atoms with Crippen molar-refractivity contribution in [3.8, 4) is 11.1 Å². The first kappa shape index (κ1) is 30.5. The van der Waals surface area contributed by atoms with E-state index in [2.05, 4.69) is 14.8 Å². The van der Waals surface area contributed by atoms with Gasteiger partial charge in [0, 0.05) is 56.7 Å². The molecule has 1 atom stereocenters. The zero-order valence-electron chi connectivity index (χ0n) is 22.1. The van der Waals surface area contributed by atoms with Crippen molar-refractivity contribution in [2.45, 2.75) is 50.4 Å². The van der Waals surface area contributed by atoms with Gasteiger partial charge in [-0.05, 0) is 46.9 Å². The van der Waals surface area contributed by atoms with E-state index in [-0.39, 0.29) is 12.5 Å². The van der Waals surface area contributed by atoms with Crippen molar-refractivity contribution in [2.75, 3.05) is 19.6 Å². The number of piperazine rings is 1. The second kappa shape index (κ2) is 11.8. The molecule has 0 saturated carbocycles. The summed E-state index contributed by atoms with van der Waals surface area (Å²) in [5.41, 5.74) is -2.59. The highest BCUT2D eigenvalue weighted by atomic mass is 19.4. The molecule has 1 aromatic heterocycles. The number of alkyl halides is 6.